The number of hydrogen-bond acceptors (Lipinski definition) is 2. The second-order valence-electron chi connectivity index (χ2n) is 4.98. The van der Waals surface area contributed by atoms with E-state index in [2.05, 4.69) is 10.4 Å². The summed E-state index contributed by atoms with van der Waals surface area (Å²) in [5.74, 6) is 0.117. The fourth-order valence-electron chi connectivity index (χ4n) is 2.37. The van der Waals surface area contributed by atoms with Crippen LogP contribution in [0.15, 0.2) is 6.20 Å². The van der Waals surface area contributed by atoms with E-state index in [-0.39, 0.29) is 5.91 Å². The van der Waals surface area contributed by atoms with Gasteiger partial charge in [-0.1, -0.05) is 30.9 Å². The smallest absolute Gasteiger partial charge is 0.222 e. The molecule has 0 unspecified atom stereocenters. The van der Waals surface area contributed by atoms with E-state index in [1.807, 2.05) is 6.92 Å². The first kappa shape index (κ1) is 13.4. The van der Waals surface area contributed by atoms with Gasteiger partial charge in [0, 0.05) is 25.2 Å². The van der Waals surface area contributed by atoms with Crippen molar-refractivity contribution in [2.75, 3.05) is 0 Å². The van der Waals surface area contributed by atoms with Crippen LogP contribution in [0.5, 0.6) is 0 Å². The Balaban J connectivity index is 1.74. The van der Waals surface area contributed by atoms with Gasteiger partial charge >= 0.3 is 0 Å². The van der Waals surface area contributed by atoms with E-state index in [1.165, 1.54) is 19.3 Å². The summed E-state index contributed by atoms with van der Waals surface area (Å²) in [4.78, 5) is 11.8. The molecule has 1 amide bonds. The van der Waals surface area contributed by atoms with Crippen molar-refractivity contribution in [3.8, 4) is 0 Å². The van der Waals surface area contributed by atoms with Gasteiger partial charge in [0.1, 0.15) is 0 Å². The van der Waals surface area contributed by atoms with Crippen molar-refractivity contribution in [3.63, 3.8) is 0 Å². The van der Waals surface area contributed by atoms with Crippen LogP contribution in [0.4, 0.5) is 0 Å². The molecule has 1 saturated carbocycles. The summed E-state index contributed by atoms with van der Waals surface area (Å²) in [6, 6.07) is 0.384. The van der Waals surface area contributed by atoms with E-state index in [4.69, 9.17) is 11.6 Å². The van der Waals surface area contributed by atoms with Gasteiger partial charge in [-0.2, -0.15) is 5.10 Å². The van der Waals surface area contributed by atoms with E-state index in [1.54, 1.807) is 10.9 Å². The Bertz CT molecular complexity index is 391. The van der Waals surface area contributed by atoms with Gasteiger partial charge in [0.05, 0.1) is 10.7 Å². The number of rotatable bonds is 4. The maximum absolute atomic E-state index is 11.8. The highest BCUT2D eigenvalue weighted by atomic mass is 35.5. The Hall–Kier alpha value is -1.03. The average molecular weight is 270 g/mol. The predicted octanol–water partition coefficient (Wildman–Crippen LogP) is 2.68. The minimum absolute atomic E-state index is 0.117. The highest BCUT2D eigenvalue weighted by Gasteiger charge is 2.15. The number of aromatic nitrogens is 2. The molecule has 18 heavy (non-hydrogen) atoms. The lowest BCUT2D eigenvalue weighted by atomic mass is 9.95. The Morgan fingerprint density at radius 1 is 1.50 bits per heavy atom. The molecule has 2 rings (SSSR count). The standard InChI is InChI=1S/C13H20ClN3O/c1-10-12(14)9-17(16-10)8-7-13(18)15-11-5-3-2-4-6-11/h9,11H,2-8H2,1H3,(H,15,18). The molecular weight excluding hydrogens is 250 g/mol. The molecule has 5 heteroatoms. The largest absolute Gasteiger partial charge is 0.353 e. The number of hydrogen-bond donors (Lipinski definition) is 1. The third-order valence-corrected chi connectivity index (χ3v) is 3.80. The molecule has 0 saturated heterocycles. The van der Waals surface area contributed by atoms with Gasteiger partial charge in [-0.25, -0.2) is 0 Å². The lowest BCUT2D eigenvalue weighted by Gasteiger charge is -2.22. The Morgan fingerprint density at radius 3 is 2.83 bits per heavy atom. The number of nitrogens with zero attached hydrogens (tertiary/aromatic N) is 2. The first-order valence-electron chi connectivity index (χ1n) is 6.64. The highest BCUT2D eigenvalue weighted by Crippen LogP contribution is 2.17. The van der Waals surface area contributed by atoms with Crippen molar-refractivity contribution in [1.82, 2.24) is 15.1 Å². The molecule has 1 heterocycles. The van der Waals surface area contributed by atoms with Gasteiger partial charge < -0.3 is 5.32 Å². The Labute approximate surface area is 113 Å². The third kappa shape index (κ3) is 3.73. The number of carbonyl (C=O) groups is 1. The number of halogens is 1. The molecular formula is C13H20ClN3O. The van der Waals surface area contributed by atoms with Crippen molar-refractivity contribution in [2.45, 2.75) is 58.0 Å². The Morgan fingerprint density at radius 2 is 2.22 bits per heavy atom. The third-order valence-electron chi connectivity index (χ3n) is 3.42. The zero-order valence-corrected chi connectivity index (χ0v) is 11.5. The molecule has 1 aromatic rings. The van der Waals surface area contributed by atoms with Crippen LogP contribution < -0.4 is 5.32 Å². The SMILES string of the molecule is Cc1nn(CCC(=O)NC2CCCCC2)cc1Cl. The molecule has 0 atom stereocenters. The van der Waals surface area contributed by atoms with E-state index < -0.39 is 0 Å². The zero-order valence-electron chi connectivity index (χ0n) is 10.8. The molecule has 0 radical (unpaired) electrons. The lowest BCUT2D eigenvalue weighted by molar-refractivity contribution is -0.122. The van der Waals surface area contributed by atoms with Crippen molar-refractivity contribution in [3.05, 3.63) is 16.9 Å². The van der Waals surface area contributed by atoms with E-state index in [9.17, 15) is 4.79 Å². The second-order valence-corrected chi connectivity index (χ2v) is 5.39. The number of nitrogens with one attached hydrogen (secondary N) is 1. The van der Waals surface area contributed by atoms with Gasteiger partial charge in [-0.05, 0) is 19.8 Å². The molecule has 1 fully saturated rings. The molecule has 1 aliphatic rings. The molecule has 100 valence electrons. The van der Waals surface area contributed by atoms with Gasteiger partial charge in [0.25, 0.3) is 0 Å². The van der Waals surface area contributed by atoms with Crippen LogP contribution in [-0.4, -0.2) is 21.7 Å². The second kappa shape index (κ2) is 6.23. The Kier molecular flexibility index (Phi) is 4.64. The first-order chi connectivity index (χ1) is 8.65. The highest BCUT2D eigenvalue weighted by molar-refractivity contribution is 6.31. The molecule has 0 aliphatic heterocycles. The molecule has 1 N–H and O–H groups in total. The van der Waals surface area contributed by atoms with Gasteiger partial charge in [-0.3, -0.25) is 9.48 Å². The van der Waals surface area contributed by atoms with Crippen LogP contribution in [0.2, 0.25) is 5.02 Å². The van der Waals surface area contributed by atoms with Crippen molar-refractivity contribution in [2.24, 2.45) is 0 Å². The zero-order chi connectivity index (χ0) is 13.0. The maximum Gasteiger partial charge on any atom is 0.222 e. The van der Waals surface area contributed by atoms with Crippen molar-refractivity contribution in [1.29, 1.82) is 0 Å². The summed E-state index contributed by atoms with van der Waals surface area (Å²) in [7, 11) is 0. The molecule has 4 nitrogen and oxygen atoms in total. The first-order valence-corrected chi connectivity index (χ1v) is 7.02. The fourth-order valence-corrected chi connectivity index (χ4v) is 2.52. The molecule has 1 aliphatic carbocycles. The summed E-state index contributed by atoms with van der Waals surface area (Å²) >= 11 is 5.92. The number of carbonyl (C=O) groups excluding carboxylic acids is 1. The van der Waals surface area contributed by atoms with Crippen LogP contribution in [-0.2, 0) is 11.3 Å². The van der Waals surface area contributed by atoms with Crippen LogP contribution in [0.1, 0.15) is 44.2 Å². The normalized spacial score (nSPS) is 16.8. The van der Waals surface area contributed by atoms with E-state index >= 15 is 0 Å². The van der Waals surface area contributed by atoms with Gasteiger partial charge in [0.2, 0.25) is 5.91 Å². The molecule has 0 bridgehead atoms. The summed E-state index contributed by atoms with van der Waals surface area (Å²) < 4.78 is 1.73. The molecule has 1 aromatic heterocycles. The summed E-state index contributed by atoms with van der Waals surface area (Å²) in [5.41, 5.74) is 0.810. The van der Waals surface area contributed by atoms with Crippen LogP contribution in [0, 0.1) is 6.92 Å². The van der Waals surface area contributed by atoms with Crippen molar-refractivity contribution >= 4 is 17.5 Å². The fraction of sp³-hybridized carbons (Fsp3) is 0.692. The summed E-state index contributed by atoms with van der Waals surface area (Å²) in [6.07, 6.45) is 8.25. The van der Waals surface area contributed by atoms with Gasteiger partial charge in [0.15, 0.2) is 0 Å². The van der Waals surface area contributed by atoms with E-state index in [0.717, 1.165) is 18.5 Å². The lowest BCUT2D eigenvalue weighted by Crippen LogP contribution is -2.36. The maximum atomic E-state index is 11.8. The van der Waals surface area contributed by atoms with Crippen LogP contribution >= 0.6 is 11.6 Å². The summed E-state index contributed by atoms with van der Waals surface area (Å²) in [5, 5.41) is 7.99. The predicted molar refractivity (Wildman–Crippen MR) is 71.6 cm³/mol. The van der Waals surface area contributed by atoms with Crippen molar-refractivity contribution < 1.29 is 4.79 Å². The minimum atomic E-state index is 0.117. The van der Waals surface area contributed by atoms with Gasteiger partial charge in [-0.15, -0.1) is 0 Å². The van der Waals surface area contributed by atoms with E-state index in [0.29, 0.717) is 24.0 Å². The molecule has 0 aromatic carbocycles. The minimum Gasteiger partial charge on any atom is -0.353 e. The average Bonchev–Trinajstić information content (AvgIpc) is 2.68. The number of amides is 1. The topological polar surface area (TPSA) is 46.9 Å². The quantitative estimate of drug-likeness (QED) is 0.914. The number of aryl methyl sites for hydroxylation is 2. The summed E-state index contributed by atoms with van der Waals surface area (Å²) in [6.45, 7) is 2.45. The molecule has 0 spiro atoms. The monoisotopic (exact) mass is 269 g/mol. The van der Waals surface area contributed by atoms with Crippen LogP contribution in [0.25, 0.3) is 0 Å². The van der Waals surface area contributed by atoms with Crippen LogP contribution in [0.3, 0.4) is 0 Å².